The van der Waals surface area contributed by atoms with Crippen molar-refractivity contribution in [3.63, 3.8) is 0 Å². The Morgan fingerprint density at radius 1 is 0.694 bits per heavy atom. The first-order valence-corrected chi connectivity index (χ1v) is 15.0. The highest BCUT2D eigenvalue weighted by Crippen LogP contribution is 2.34. The molecule has 1 heterocycles. The minimum absolute atomic E-state index is 0.0771. The fourth-order valence-corrected chi connectivity index (χ4v) is 5.59. The molecule has 0 aliphatic carbocycles. The first-order chi connectivity index (χ1) is 17.8. The van der Waals surface area contributed by atoms with Crippen LogP contribution in [0.5, 0.6) is 0 Å². The second kappa shape index (κ2) is 17.2. The van der Waals surface area contributed by atoms with E-state index in [0.717, 1.165) is 34.3 Å². The molecule has 1 aliphatic heterocycles. The van der Waals surface area contributed by atoms with Crippen LogP contribution in [0.3, 0.4) is 0 Å². The number of nitrogens with zero attached hydrogens (tertiary/aromatic N) is 2. The zero-order valence-corrected chi connectivity index (χ0v) is 23.0. The van der Waals surface area contributed by atoms with Gasteiger partial charge in [-0.3, -0.25) is 9.69 Å². The van der Waals surface area contributed by atoms with Gasteiger partial charge in [0.25, 0.3) is 5.91 Å². The number of aliphatic imine (C=N–C) groups is 1. The summed E-state index contributed by atoms with van der Waals surface area (Å²) in [6.07, 6.45) is 20.7. The van der Waals surface area contributed by atoms with Gasteiger partial charge in [0.1, 0.15) is 0 Å². The van der Waals surface area contributed by atoms with E-state index in [4.69, 9.17) is 4.99 Å². The second-order valence-corrected chi connectivity index (χ2v) is 10.8. The molecule has 4 heteroatoms. The molecular weight excluding hydrogens is 460 g/mol. The summed E-state index contributed by atoms with van der Waals surface area (Å²) in [6.45, 7) is 3.02. The zero-order valence-electron chi connectivity index (χ0n) is 22.2. The molecule has 194 valence electrons. The Balaban J connectivity index is 1.39. The first-order valence-electron chi connectivity index (χ1n) is 14.2. The van der Waals surface area contributed by atoms with E-state index < -0.39 is 0 Å². The van der Waals surface area contributed by atoms with Crippen LogP contribution in [0.1, 0.15) is 102 Å². The molecule has 2 aromatic rings. The summed E-state index contributed by atoms with van der Waals surface area (Å²) in [5.41, 5.74) is 1.94. The van der Waals surface area contributed by atoms with Crippen LogP contribution >= 0.6 is 11.8 Å². The van der Waals surface area contributed by atoms with Gasteiger partial charge in [-0.15, -0.1) is 0 Å². The third-order valence-electron chi connectivity index (χ3n) is 6.70. The number of amides is 1. The topological polar surface area (TPSA) is 32.7 Å². The lowest BCUT2D eigenvalue weighted by atomic mass is 10.0. The minimum Gasteiger partial charge on any atom is -0.286 e. The first kappa shape index (κ1) is 28.2. The van der Waals surface area contributed by atoms with Crippen molar-refractivity contribution >= 4 is 34.6 Å². The lowest BCUT2D eigenvalue weighted by Gasteiger charge is -2.15. The number of para-hydroxylation sites is 1. The van der Waals surface area contributed by atoms with Crippen molar-refractivity contribution in [2.24, 2.45) is 4.99 Å². The van der Waals surface area contributed by atoms with Crippen LogP contribution in [-0.2, 0) is 4.79 Å². The monoisotopic (exact) mass is 504 g/mol. The van der Waals surface area contributed by atoms with Crippen LogP contribution in [0, 0.1) is 0 Å². The molecule has 1 saturated heterocycles. The summed E-state index contributed by atoms with van der Waals surface area (Å²) >= 11 is 1.49. The fourth-order valence-electron chi connectivity index (χ4n) is 4.57. The summed E-state index contributed by atoms with van der Waals surface area (Å²) in [4.78, 5) is 20.7. The van der Waals surface area contributed by atoms with E-state index in [2.05, 4.69) is 6.92 Å². The van der Waals surface area contributed by atoms with Crippen molar-refractivity contribution in [3.05, 3.63) is 71.1 Å². The molecular formula is C32H44N2OS. The van der Waals surface area contributed by atoms with Crippen LogP contribution in [0.4, 0.5) is 5.69 Å². The molecule has 3 nitrogen and oxygen atoms in total. The zero-order chi connectivity index (χ0) is 25.3. The van der Waals surface area contributed by atoms with Gasteiger partial charge in [-0.25, -0.2) is 4.99 Å². The second-order valence-electron chi connectivity index (χ2n) is 9.80. The van der Waals surface area contributed by atoms with Crippen LogP contribution in [-0.4, -0.2) is 22.5 Å². The van der Waals surface area contributed by atoms with Gasteiger partial charge in [-0.1, -0.05) is 139 Å². The van der Waals surface area contributed by atoms with Crippen molar-refractivity contribution < 1.29 is 4.79 Å². The van der Waals surface area contributed by atoms with E-state index in [1.165, 1.54) is 95.2 Å². The Morgan fingerprint density at radius 2 is 1.19 bits per heavy atom. The summed E-state index contributed by atoms with van der Waals surface area (Å²) in [5.74, 6) is 0.0771. The summed E-state index contributed by atoms with van der Waals surface area (Å²) in [5, 5.41) is 0.795. The maximum atomic E-state index is 13.2. The van der Waals surface area contributed by atoms with Crippen molar-refractivity contribution in [1.29, 1.82) is 0 Å². The summed E-state index contributed by atoms with van der Waals surface area (Å²) < 4.78 is 0. The Kier molecular flexibility index (Phi) is 13.5. The summed E-state index contributed by atoms with van der Waals surface area (Å²) in [6, 6.07) is 20.0. The molecule has 0 bridgehead atoms. The lowest BCUT2D eigenvalue weighted by Crippen LogP contribution is -2.30. The number of hydrogen-bond acceptors (Lipinski definition) is 3. The van der Waals surface area contributed by atoms with E-state index in [-0.39, 0.29) is 5.91 Å². The third-order valence-corrected chi connectivity index (χ3v) is 7.71. The van der Waals surface area contributed by atoms with Crippen LogP contribution < -0.4 is 0 Å². The van der Waals surface area contributed by atoms with Gasteiger partial charge in [0.15, 0.2) is 5.17 Å². The number of thioether (sulfide) groups is 1. The molecule has 0 unspecified atom stereocenters. The SMILES string of the molecule is CCCCCCCCCCCCCCCCN1C(=O)/C(=C/c2ccccc2)S/C1=N/c1ccccc1. The van der Waals surface area contributed by atoms with Crippen LogP contribution in [0.2, 0.25) is 0 Å². The molecule has 3 rings (SSSR count). The van der Waals surface area contributed by atoms with Gasteiger partial charge >= 0.3 is 0 Å². The highest BCUT2D eigenvalue weighted by Gasteiger charge is 2.32. The van der Waals surface area contributed by atoms with Crippen LogP contribution in [0.15, 0.2) is 70.6 Å². The lowest BCUT2D eigenvalue weighted by molar-refractivity contribution is -0.122. The molecule has 0 radical (unpaired) electrons. The molecule has 1 fully saturated rings. The number of carbonyl (C=O) groups excluding carboxylic acids is 1. The standard InChI is InChI=1S/C32H44N2OS/c1-2-3-4-5-6-7-8-9-10-11-12-13-14-21-26-34-31(35)30(27-28-22-17-15-18-23-28)36-32(34)33-29-24-19-16-20-25-29/h15-20,22-25,27H,2-14,21,26H2,1H3/b30-27-,33-32+. The smallest absolute Gasteiger partial charge is 0.266 e. The number of unbranched alkanes of at least 4 members (excludes halogenated alkanes) is 13. The highest BCUT2D eigenvalue weighted by atomic mass is 32.2. The molecule has 0 N–H and O–H groups in total. The van der Waals surface area contributed by atoms with E-state index in [1.807, 2.05) is 71.6 Å². The van der Waals surface area contributed by atoms with E-state index in [9.17, 15) is 4.79 Å². The Bertz CT molecular complexity index is 939. The highest BCUT2D eigenvalue weighted by molar-refractivity contribution is 8.18. The Morgan fingerprint density at radius 3 is 1.75 bits per heavy atom. The van der Waals surface area contributed by atoms with Crippen LogP contribution in [0.25, 0.3) is 6.08 Å². The van der Waals surface area contributed by atoms with Gasteiger partial charge in [0.2, 0.25) is 0 Å². The molecule has 0 spiro atoms. The van der Waals surface area contributed by atoms with Crippen molar-refractivity contribution in [3.8, 4) is 0 Å². The maximum Gasteiger partial charge on any atom is 0.266 e. The van der Waals surface area contributed by atoms with E-state index in [1.54, 1.807) is 0 Å². The Labute approximate surface area is 223 Å². The summed E-state index contributed by atoms with van der Waals surface area (Å²) in [7, 11) is 0. The molecule has 1 aliphatic rings. The number of carbonyl (C=O) groups is 1. The largest absolute Gasteiger partial charge is 0.286 e. The molecule has 0 aromatic heterocycles. The van der Waals surface area contributed by atoms with E-state index >= 15 is 0 Å². The Hall–Kier alpha value is -2.33. The molecule has 2 aromatic carbocycles. The number of hydrogen-bond donors (Lipinski definition) is 0. The number of amidine groups is 1. The average molecular weight is 505 g/mol. The van der Waals surface area contributed by atoms with Gasteiger partial charge in [0, 0.05) is 6.54 Å². The normalized spacial score (nSPS) is 15.9. The van der Waals surface area contributed by atoms with Gasteiger partial charge < -0.3 is 0 Å². The quantitative estimate of drug-likeness (QED) is 0.159. The molecule has 36 heavy (non-hydrogen) atoms. The predicted octanol–water partition coefficient (Wildman–Crippen LogP) is 9.77. The predicted molar refractivity (Wildman–Crippen MR) is 158 cm³/mol. The van der Waals surface area contributed by atoms with Gasteiger partial charge in [0.05, 0.1) is 10.6 Å². The van der Waals surface area contributed by atoms with Crippen molar-refractivity contribution in [1.82, 2.24) is 4.90 Å². The third kappa shape index (κ3) is 10.3. The number of benzene rings is 2. The fraction of sp³-hybridized carbons (Fsp3) is 0.500. The minimum atomic E-state index is 0.0771. The average Bonchev–Trinajstić information content (AvgIpc) is 3.18. The number of rotatable bonds is 17. The van der Waals surface area contributed by atoms with Crippen molar-refractivity contribution in [2.75, 3.05) is 6.54 Å². The van der Waals surface area contributed by atoms with Crippen molar-refractivity contribution in [2.45, 2.75) is 96.8 Å². The molecule has 1 amide bonds. The maximum absolute atomic E-state index is 13.2. The molecule has 0 saturated carbocycles. The van der Waals surface area contributed by atoms with Gasteiger partial charge in [-0.2, -0.15) is 0 Å². The van der Waals surface area contributed by atoms with Gasteiger partial charge in [-0.05, 0) is 42.0 Å². The van der Waals surface area contributed by atoms with E-state index in [0.29, 0.717) is 0 Å². The molecule has 0 atom stereocenters.